The highest BCUT2D eigenvalue weighted by atomic mass is 16.5. The maximum absolute atomic E-state index is 12.4. The zero-order valence-electron chi connectivity index (χ0n) is 11.0. The molecule has 2 aliphatic rings. The smallest absolute Gasteiger partial charge is 0.328 e. The van der Waals surface area contributed by atoms with Crippen LogP contribution >= 0.6 is 0 Å². The van der Waals surface area contributed by atoms with Crippen LogP contribution in [0.3, 0.4) is 0 Å². The predicted molar refractivity (Wildman–Crippen MR) is 64.1 cm³/mol. The highest BCUT2D eigenvalue weighted by Crippen LogP contribution is 2.27. The molecule has 1 N–H and O–H groups in total. The van der Waals surface area contributed by atoms with Gasteiger partial charge in [0.2, 0.25) is 5.91 Å². The third-order valence-electron chi connectivity index (χ3n) is 3.67. The van der Waals surface area contributed by atoms with E-state index in [0.29, 0.717) is 19.3 Å². The highest BCUT2D eigenvalue weighted by Gasteiger charge is 2.46. The largest absolute Gasteiger partial charge is 0.467 e. The number of nitrogens with zero attached hydrogens (tertiary/aromatic N) is 1. The van der Waals surface area contributed by atoms with Gasteiger partial charge in [0.25, 0.3) is 0 Å². The molecule has 0 aromatic carbocycles. The average Bonchev–Trinajstić information content (AvgIpc) is 2.56. The van der Waals surface area contributed by atoms with E-state index in [0.717, 1.165) is 0 Å². The second kappa shape index (κ2) is 5.56. The van der Waals surface area contributed by atoms with Crippen LogP contribution in [0.15, 0.2) is 0 Å². The van der Waals surface area contributed by atoms with Crippen LogP contribution in [0.1, 0.15) is 19.3 Å². The van der Waals surface area contributed by atoms with E-state index in [1.165, 1.54) is 12.0 Å². The van der Waals surface area contributed by atoms with Gasteiger partial charge in [-0.2, -0.15) is 0 Å². The van der Waals surface area contributed by atoms with Gasteiger partial charge in [0.05, 0.1) is 7.11 Å². The lowest BCUT2D eigenvalue weighted by molar-refractivity contribution is -0.162. The van der Waals surface area contributed by atoms with Crippen LogP contribution < -0.4 is 5.32 Å². The van der Waals surface area contributed by atoms with Crippen molar-refractivity contribution < 1.29 is 23.9 Å². The Hall–Kier alpha value is -1.63. The molecule has 0 saturated carbocycles. The standard InChI is InChI=1S/C12H18N2O5/c1-13-7-6-19-12(17)9-5-3-4-8(11(16)18-2)14(9)10(7)15/h7-9,13H,3-6H2,1-2H3/t7?,8-,9+/m0/s1. The lowest BCUT2D eigenvalue weighted by atomic mass is 9.95. The average molecular weight is 270 g/mol. The summed E-state index contributed by atoms with van der Waals surface area (Å²) in [7, 11) is 2.90. The van der Waals surface area contributed by atoms with Crippen molar-refractivity contribution in [3.8, 4) is 0 Å². The van der Waals surface area contributed by atoms with Crippen molar-refractivity contribution in [3.63, 3.8) is 0 Å². The predicted octanol–water partition coefficient (Wildman–Crippen LogP) is -0.946. The monoisotopic (exact) mass is 270 g/mol. The summed E-state index contributed by atoms with van der Waals surface area (Å²) in [5, 5.41) is 2.80. The Labute approximate surface area is 111 Å². The fourth-order valence-electron chi connectivity index (χ4n) is 2.63. The van der Waals surface area contributed by atoms with E-state index >= 15 is 0 Å². The molecule has 2 fully saturated rings. The van der Waals surface area contributed by atoms with Crippen molar-refractivity contribution in [2.75, 3.05) is 20.8 Å². The molecule has 19 heavy (non-hydrogen) atoms. The maximum Gasteiger partial charge on any atom is 0.328 e. The molecule has 0 aromatic heterocycles. The number of methoxy groups -OCH3 is 1. The summed E-state index contributed by atoms with van der Waals surface area (Å²) < 4.78 is 9.82. The van der Waals surface area contributed by atoms with E-state index < -0.39 is 30.1 Å². The first-order chi connectivity index (χ1) is 9.10. The van der Waals surface area contributed by atoms with Gasteiger partial charge in [-0.3, -0.25) is 4.79 Å². The molecule has 0 aromatic rings. The Morgan fingerprint density at radius 2 is 2.16 bits per heavy atom. The second-order valence-corrected chi connectivity index (χ2v) is 4.70. The zero-order valence-corrected chi connectivity index (χ0v) is 11.0. The maximum atomic E-state index is 12.4. The molecule has 7 nitrogen and oxygen atoms in total. The molecular weight excluding hydrogens is 252 g/mol. The highest BCUT2D eigenvalue weighted by molar-refractivity contribution is 5.93. The molecule has 3 atom stereocenters. The molecule has 0 radical (unpaired) electrons. The van der Waals surface area contributed by atoms with Crippen molar-refractivity contribution >= 4 is 17.8 Å². The van der Waals surface area contributed by atoms with Crippen molar-refractivity contribution in [2.45, 2.75) is 37.4 Å². The number of hydrogen-bond acceptors (Lipinski definition) is 6. The van der Waals surface area contributed by atoms with Crippen LogP contribution in [0.4, 0.5) is 0 Å². The molecule has 1 amide bonds. The van der Waals surface area contributed by atoms with Crippen molar-refractivity contribution in [1.82, 2.24) is 10.2 Å². The van der Waals surface area contributed by atoms with E-state index in [-0.39, 0.29) is 12.5 Å². The topological polar surface area (TPSA) is 84.9 Å². The van der Waals surface area contributed by atoms with Gasteiger partial charge < -0.3 is 19.7 Å². The second-order valence-electron chi connectivity index (χ2n) is 4.70. The number of likely N-dealkylation sites (N-methyl/N-ethyl adjacent to an activating group) is 1. The summed E-state index contributed by atoms with van der Waals surface area (Å²) in [6.07, 6.45) is 1.72. The number of rotatable bonds is 2. The van der Waals surface area contributed by atoms with Crippen LogP contribution in [-0.4, -0.2) is 61.6 Å². The van der Waals surface area contributed by atoms with E-state index in [1.54, 1.807) is 7.05 Å². The summed E-state index contributed by atoms with van der Waals surface area (Å²) in [5.74, 6) is -1.21. The minimum atomic E-state index is -0.697. The van der Waals surface area contributed by atoms with Gasteiger partial charge in [0.15, 0.2) is 0 Å². The lowest BCUT2D eigenvalue weighted by Gasteiger charge is -2.38. The van der Waals surface area contributed by atoms with E-state index in [9.17, 15) is 14.4 Å². The molecule has 2 saturated heterocycles. The quantitative estimate of drug-likeness (QED) is 0.651. The van der Waals surface area contributed by atoms with Crippen LogP contribution in [0, 0.1) is 0 Å². The van der Waals surface area contributed by atoms with Crippen molar-refractivity contribution in [3.05, 3.63) is 0 Å². The number of amides is 1. The number of esters is 2. The van der Waals surface area contributed by atoms with Crippen molar-refractivity contribution in [2.24, 2.45) is 0 Å². The molecule has 1 unspecified atom stereocenters. The number of piperidine rings is 1. The minimum Gasteiger partial charge on any atom is -0.467 e. The molecule has 0 bridgehead atoms. The number of fused-ring (bicyclic) bond motifs is 1. The number of carbonyl (C=O) groups is 3. The Balaban J connectivity index is 2.33. The number of cyclic esters (lactones) is 1. The van der Waals surface area contributed by atoms with Gasteiger partial charge in [-0.05, 0) is 26.3 Å². The first kappa shape index (κ1) is 13.8. The lowest BCUT2D eigenvalue weighted by Crippen LogP contribution is -2.58. The van der Waals surface area contributed by atoms with E-state index in [4.69, 9.17) is 9.47 Å². The molecule has 2 heterocycles. The van der Waals surface area contributed by atoms with Gasteiger partial charge in [-0.1, -0.05) is 0 Å². The molecule has 106 valence electrons. The van der Waals surface area contributed by atoms with Crippen LogP contribution in [0.2, 0.25) is 0 Å². The minimum absolute atomic E-state index is 0.00490. The summed E-state index contributed by atoms with van der Waals surface area (Å²) >= 11 is 0. The first-order valence-electron chi connectivity index (χ1n) is 6.34. The molecule has 0 aliphatic carbocycles. The number of ether oxygens (including phenoxy) is 2. The van der Waals surface area contributed by atoms with Gasteiger partial charge >= 0.3 is 11.9 Å². The Morgan fingerprint density at radius 1 is 1.42 bits per heavy atom. The Morgan fingerprint density at radius 3 is 2.79 bits per heavy atom. The molecule has 7 heteroatoms. The Bertz CT molecular complexity index is 398. The first-order valence-corrected chi connectivity index (χ1v) is 6.34. The third kappa shape index (κ3) is 2.42. The zero-order chi connectivity index (χ0) is 14.0. The normalized spacial score (nSPS) is 31.3. The fourth-order valence-corrected chi connectivity index (χ4v) is 2.63. The Kier molecular flexibility index (Phi) is 4.04. The van der Waals surface area contributed by atoms with E-state index in [2.05, 4.69) is 5.32 Å². The molecule has 2 aliphatic heterocycles. The molecular formula is C12H18N2O5. The summed E-state index contributed by atoms with van der Waals surface area (Å²) in [4.78, 5) is 37.5. The number of nitrogens with one attached hydrogen (secondary N) is 1. The SMILES string of the molecule is CNC1COC(=O)[C@H]2CCC[C@@H](C(=O)OC)N2C1=O. The van der Waals surface area contributed by atoms with Gasteiger partial charge in [-0.25, -0.2) is 9.59 Å². The van der Waals surface area contributed by atoms with E-state index in [1.807, 2.05) is 0 Å². The summed E-state index contributed by atoms with van der Waals surface area (Å²) in [5.41, 5.74) is 0. The van der Waals surface area contributed by atoms with Gasteiger partial charge in [0.1, 0.15) is 24.7 Å². The summed E-state index contributed by atoms with van der Waals surface area (Å²) in [6, 6.07) is -1.99. The fraction of sp³-hybridized carbons (Fsp3) is 0.750. The summed E-state index contributed by atoms with van der Waals surface area (Å²) in [6.45, 7) is -0.00490. The third-order valence-corrected chi connectivity index (χ3v) is 3.67. The van der Waals surface area contributed by atoms with Crippen molar-refractivity contribution in [1.29, 1.82) is 0 Å². The van der Waals surface area contributed by atoms with Gasteiger partial charge in [0, 0.05) is 0 Å². The molecule has 2 rings (SSSR count). The van der Waals surface area contributed by atoms with Gasteiger partial charge in [-0.15, -0.1) is 0 Å². The van der Waals surface area contributed by atoms with Crippen LogP contribution in [-0.2, 0) is 23.9 Å². The number of carbonyl (C=O) groups excluding carboxylic acids is 3. The van der Waals surface area contributed by atoms with Crippen LogP contribution in [0.5, 0.6) is 0 Å². The molecule has 0 spiro atoms. The van der Waals surface area contributed by atoms with Crippen LogP contribution in [0.25, 0.3) is 0 Å². The number of hydrogen-bond donors (Lipinski definition) is 1.